The van der Waals surface area contributed by atoms with Gasteiger partial charge in [0.15, 0.2) is 5.78 Å². The van der Waals surface area contributed by atoms with Crippen LogP contribution in [-0.2, 0) is 6.42 Å². The molecule has 3 nitrogen and oxygen atoms in total. The van der Waals surface area contributed by atoms with E-state index in [9.17, 15) is 4.79 Å². The molecule has 0 radical (unpaired) electrons. The lowest BCUT2D eigenvalue weighted by Crippen LogP contribution is -2.07. The number of Topliss-reactive ketones (excluding diaryl/α,β-unsaturated/α-hetero) is 1. The van der Waals surface area contributed by atoms with Crippen molar-refractivity contribution in [2.45, 2.75) is 26.2 Å². The zero-order valence-electron chi connectivity index (χ0n) is 8.95. The van der Waals surface area contributed by atoms with Gasteiger partial charge in [-0.1, -0.05) is 0 Å². The molecule has 2 aromatic rings. The van der Waals surface area contributed by atoms with Crippen LogP contribution in [0.5, 0.6) is 0 Å². The van der Waals surface area contributed by atoms with Crippen molar-refractivity contribution in [3.63, 3.8) is 0 Å². The molecule has 0 aliphatic heterocycles. The van der Waals surface area contributed by atoms with Gasteiger partial charge in [-0.05, 0) is 25.8 Å². The Morgan fingerprint density at radius 3 is 3.00 bits per heavy atom. The summed E-state index contributed by atoms with van der Waals surface area (Å²) in [4.78, 5) is 17.1. The minimum absolute atomic E-state index is 0.242. The highest BCUT2D eigenvalue weighted by molar-refractivity contribution is 7.17. The van der Waals surface area contributed by atoms with Crippen LogP contribution < -0.4 is 0 Å². The number of rotatable bonds is 1. The van der Waals surface area contributed by atoms with Crippen LogP contribution in [0.1, 0.15) is 34.0 Å². The lowest BCUT2D eigenvalue weighted by atomic mass is 10.0. The van der Waals surface area contributed by atoms with Gasteiger partial charge in [-0.15, -0.1) is 11.3 Å². The zero-order valence-corrected chi connectivity index (χ0v) is 9.76. The van der Waals surface area contributed by atoms with Gasteiger partial charge in [-0.25, -0.2) is 4.98 Å². The third-order valence-electron chi connectivity index (χ3n) is 2.86. The van der Waals surface area contributed by atoms with Crippen molar-refractivity contribution in [2.24, 2.45) is 0 Å². The van der Waals surface area contributed by atoms with Crippen LogP contribution in [-0.4, -0.2) is 10.8 Å². The number of nitrogens with zero attached hydrogens (tertiary/aromatic N) is 1. The standard InChI is InChI=1S/C12H11NO2S/c1-7-8(5-6-15-7)12-13-9-3-2-4-10(14)11(9)16-12/h5-6H,2-4H2,1H3. The molecule has 0 unspecified atom stereocenters. The summed E-state index contributed by atoms with van der Waals surface area (Å²) in [6, 6.07) is 1.91. The molecule has 1 aliphatic carbocycles. The Morgan fingerprint density at radius 2 is 2.31 bits per heavy atom. The highest BCUT2D eigenvalue weighted by Gasteiger charge is 2.23. The maximum Gasteiger partial charge on any atom is 0.174 e. The van der Waals surface area contributed by atoms with Crippen LogP contribution in [0.2, 0.25) is 0 Å². The van der Waals surface area contributed by atoms with Gasteiger partial charge in [0.2, 0.25) is 0 Å². The molecule has 0 fully saturated rings. The van der Waals surface area contributed by atoms with Gasteiger partial charge in [0.05, 0.1) is 22.4 Å². The predicted octanol–water partition coefficient (Wildman–Crippen LogP) is 3.23. The van der Waals surface area contributed by atoms with Crippen LogP contribution in [0.4, 0.5) is 0 Å². The van der Waals surface area contributed by atoms with E-state index in [0.717, 1.165) is 39.7 Å². The number of furan rings is 1. The van der Waals surface area contributed by atoms with E-state index in [4.69, 9.17) is 4.42 Å². The Morgan fingerprint density at radius 1 is 1.44 bits per heavy atom. The summed E-state index contributed by atoms with van der Waals surface area (Å²) in [5.41, 5.74) is 1.98. The number of hydrogen-bond donors (Lipinski definition) is 0. The number of aromatic nitrogens is 1. The van der Waals surface area contributed by atoms with Crippen molar-refractivity contribution < 1.29 is 9.21 Å². The average molecular weight is 233 g/mol. The second kappa shape index (κ2) is 3.56. The molecular weight excluding hydrogens is 222 g/mol. The summed E-state index contributed by atoms with van der Waals surface area (Å²) in [6.45, 7) is 1.91. The smallest absolute Gasteiger partial charge is 0.174 e. The van der Waals surface area contributed by atoms with Crippen molar-refractivity contribution in [3.05, 3.63) is 28.7 Å². The molecule has 0 saturated heterocycles. The highest BCUT2D eigenvalue weighted by Crippen LogP contribution is 2.34. The monoisotopic (exact) mass is 233 g/mol. The molecule has 82 valence electrons. The fraction of sp³-hybridized carbons (Fsp3) is 0.333. The molecule has 2 heterocycles. The van der Waals surface area contributed by atoms with Crippen LogP contribution in [0.15, 0.2) is 16.7 Å². The molecule has 2 aromatic heterocycles. The topological polar surface area (TPSA) is 43.1 Å². The van der Waals surface area contributed by atoms with E-state index >= 15 is 0 Å². The number of hydrogen-bond acceptors (Lipinski definition) is 4. The largest absolute Gasteiger partial charge is 0.469 e. The summed E-state index contributed by atoms with van der Waals surface area (Å²) in [6.07, 6.45) is 4.18. The molecule has 0 aromatic carbocycles. The molecule has 0 bridgehead atoms. The molecule has 0 atom stereocenters. The quantitative estimate of drug-likeness (QED) is 0.759. The molecule has 4 heteroatoms. The Bertz CT molecular complexity index is 553. The van der Waals surface area contributed by atoms with Crippen molar-refractivity contribution in [3.8, 4) is 10.6 Å². The fourth-order valence-electron chi connectivity index (χ4n) is 1.99. The summed E-state index contributed by atoms with van der Waals surface area (Å²) in [5.74, 6) is 1.10. The Kier molecular flexibility index (Phi) is 2.17. The van der Waals surface area contributed by atoms with Crippen LogP contribution >= 0.6 is 11.3 Å². The first-order valence-corrected chi connectivity index (χ1v) is 6.15. The summed E-state index contributed by atoms with van der Waals surface area (Å²) >= 11 is 1.49. The van der Waals surface area contributed by atoms with Crippen LogP contribution in [0.25, 0.3) is 10.6 Å². The summed E-state index contributed by atoms with van der Waals surface area (Å²) < 4.78 is 5.26. The van der Waals surface area contributed by atoms with Crippen molar-refractivity contribution in [1.82, 2.24) is 4.98 Å². The van der Waals surface area contributed by atoms with Crippen LogP contribution in [0, 0.1) is 6.92 Å². The molecule has 0 saturated carbocycles. The van der Waals surface area contributed by atoms with Gasteiger partial charge in [-0.2, -0.15) is 0 Å². The van der Waals surface area contributed by atoms with Gasteiger partial charge in [0.1, 0.15) is 10.8 Å². The lowest BCUT2D eigenvalue weighted by molar-refractivity contribution is 0.0976. The van der Waals surface area contributed by atoms with E-state index in [0.29, 0.717) is 6.42 Å². The second-order valence-corrected chi connectivity index (χ2v) is 4.96. The maximum absolute atomic E-state index is 11.7. The lowest BCUT2D eigenvalue weighted by Gasteiger charge is -2.06. The first kappa shape index (κ1) is 9.78. The van der Waals surface area contributed by atoms with E-state index in [1.165, 1.54) is 11.3 Å². The summed E-state index contributed by atoms with van der Waals surface area (Å²) in [7, 11) is 0. The fourth-order valence-corrected chi connectivity index (χ4v) is 3.14. The number of thiazole rings is 1. The Hall–Kier alpha value is -1.42. The Balaban J connectivity index is 2.11. The van der Waals surface area contributed by atoms with Gasteiger partial charge in [0.25, 0.3) is 0 Å². The zero-order chi connectivity index (χ0) is 11.1. The first-order valence-electron chi connectivity index (χ1n) is 5.33. The van der Waals surface area contributed by atoms with Gasteiger partial charge in [-0.3, -0.25) is 4.79 Å². The first-order chi connectivity index (χ1) is 7.75. The molecule has 1 aliphatic rings. The maximum atomic E-state index is 11.7. The molecule has 3 rings (SSSR count). The van der Waals surface area contributed by atoms with Crippen molar-refractivity contribution in [1.29, 1.82) is 0 Å². The van der Waals surface area contributed by atoms with E-state index in [1.54, 1.807) is 6.26 Å². The Labute approximate surface area is 97.1 Å². The van der Waals surface area contributed by atoms with Crippen molar-refractivity contribution >= 4 is 17.1 Å². The molecule has 0 spiro atoms. The average Bonchev–Trinajstić information content (AvgIpc) is 2.84. The number of fused-ring (bicyclic) bond motifs is 1. The van der Waals surface area contributed by atoms with E-state index in [2.05, 4.69) is 4.98 Å². The molecule has 0 amide bonds. The van der Waals surface area contributed by atoms with Crippen molar-refractivity contribution in [2.75, 3.05) is 0 Å². The number of carbonyl (C=O) groups excluding carboxylic acids is 1. The number of carbonyl (C=O) groups is 1. The van der Waals surface area contributed by atoms with E-state index in [1.807, 2.05) is 13.0 Å². The number of ketones is 1. The predicted molar refractivity (Wildman–Crippen MR) is 61.8 cm³/mol. The van der Waals surface area contributed by atoms with Gasteiger partial charge in [0, 0.05) is 6.42 Å². The van der Waals surface area contributed by atoms with Gasteiger partial charge >= 0.3 is 0 Å². The number of aryl methyl sites for hydroxylation is 2. The molecule has 0 N–H and O–H groups in total. The van der Waals surface area contributed by atoms with E-state index in [-0.39, 0.29) is 5.78 Å². The normalized spacial score (nSPS) is 15.2. The van der Waals surface area contributed by atoms with E-state index < -0.39 is 0 Å². The SMILES string of the molecule is Cc1occc1-c1nc2c(s1)C(=O)CCC2. The minimum atomic E-state index is 0.242. The van der Waals surface area contributed by atoms with Gasteiger partial charge < -0.3 is 4.42 Å². The third kappa shape index (κ3) is 1.41. The minimum Gasteiger partial charge on any atom is -0.469 e. The van der Waals surface area contributed by atoms with Crippen LogP contribution in [0.3, 0.4) is 0 Å². The second-order valence-electron chi connectivity index (χ2n) is 3.96. The molecular formula is C12H11NO2S. The highest BCUT2D eigenvalue weighted by atomic mass is 32.1. The third-order valence-corrected chi connectivity index (χ3v) is 4.03. The summed E-state index contributed by atoms with van der Waals surface area (Å²) in [5, 5.41) is 0.909. The molecule has 16 heavy (non-hydrogen) atoms.